The van der Waals surface area contributed by atoms with E-state index in [4.69, 9.17) is 27.6 Å². The number of hydrogen-bond donors (Lipinski definition) is 1. The molecule has 0 spiro atoms. The van der Waals surface area contributed by atoms with Crippen molar-refractivity contribution in [2.75, 3.05) is 18.1 Å². The highest BCUT2D eigenvalue weighted by Gasteiger charge is 2.09. The summed E-state index contributed by atoms with van der Waals surface area (Å²) in [4.78, 5) is 0. The van der Waals surface area contributed by atoms with Crippen LogP contribution in [0.2, 0.25) is 10.0 Å². The first-order valence-electron chi connectivity index (χ1n) is 6.86. The maximum atomic E-state index is 11.4. The average molecular weight is 362 g/mol. The van der Waals surface area contributed by atoms with Crippen LogP contribution in [0.25, 0.3) is 11.3 Å². The van der Waals surface area contributed by atoms with Gasteiger partial charge < -0.3 is 9.73 Å². The van der Waals surface area contributed by atoms with Gasteiger partial charge in [0, 0.05) is 17.9 Å². The van der Waals surface area contributed by atoms with Gasteiger partial charge >= 0.3 is 0 Å². The van der Waals surface area contributed by atoms with E-state index in [1.807, 2.05) is 18.2 Å². The minimum absolute atomic E-state index is 0.129. The third-order valence-electron chi connectivity index (χ3n) is 3.19. The molecule has 1 N–H and O–H groups in total. The third-order valence-corrected chi connectivity index (χ3v) is 5.64. The highest BCUT2D eigenvalue weighted by atomic mass is 35.5. The number of furan rings is 1. The predicted molar refractivity (Wildman–Crippen MR) is 90.2 cm³/mol. The third kappa shape index (κ3) is 4.74. The van der Waals surface area contributed by atoms with E-state index >= 15 is 0 Å². The molecule has 4 nitrogen and oxygen atoms in total. The highest BCUT2D eigenvalue weighted by Crippen LogP contribution is 2.29. The normalized spacial score (nSPS) is 11.8. The quantitative estimate of drug-likeness (QED) is 0.762. The molecule has 2 rings (SSSR count). The zero-order valence-corrected chi connectivity index (χ0v) is 14.4. The van der Waals surface area contributed by atoms with E-state index in [2.05, 4.69) is 5.32 Å². The molecule has 120 valence electrons. The standard InChI is InChI=1S/C15H17Cl2NO3S/c1-2-22(19,20)8-7-18-10-12-4-6-15(21-12)11-3-5-13(16)14(17)9-11/h3-6,9,18H,2,7-8,10H2,1H3. The molecule has 0 saturated heterocycles. The van der Waals surface area contributed by atoms with Crippen LogP contribution in [0, 0.1) is 0 Å². The van der Waals surface area contributed by atoms with Gasteiger partial charge in [0.1, 0.15) is 11.5 Å². The van der Waals surface area contributed by atoms with Gasteiger partial charge in [0.15, 0.2) is 9.84 Å². The average Bonchev–Trinajstić information content (AvgIpc) is 2.95. The fourth-order valence-corrected chi connectivity index (χ4v) is 2.90. The van der Waals surface area contributed by atoms with Crippen LogP contribution in [0.5, 0.6) is 0 Å². The van der Waals surface area contributed by atoms with Crippen LogP contribution in [0.3, 0.4) is 0 Å². The van der Waals surface area contributed by atoms with Crippen LogP contribution in [0.1, 0.15) is 12.7 Å². The highest BCUT2D eigenvalue weighted by molar-refractivity contribution is 7.91. The van der Waals surface area contributed by atoms with Crippen molar-refractivity contribution in [2.24, 2.45) is 0 Å². The first-order valence-corrected chi connectivity index (χ1v) is 9.44. The first-order chi connectivity index (χ1) is 10.4. The van der Waals surface area contributed by atoms with Crippen LogP contribution in [-0.2, 0) is 16.4 Å². The van der Waals surface area contributed by atoms with Crippen molar-refractivity contribution in [1.29, 1.82) is 0 Å². The molecule has 1 aromatic heterocycles. The van der Waals surface area contributed by atoms with Crippen molar-refractivity contribution in [2.45, 2.75) is 13.5 Å². The minimum Gasteiger partial charge on any atom is -0.460 e. The summed E-state index contributed by atoms with van der Waals surface area (Å²) < 4.78 is 28.5. The zero-order chi connectivity index (χ0) is 16.2. The van der Waals surface area contributed by atoms with Gasteiger partial charge in [-0.05, 0) is 30.3 Å². The van der Waals surface area contributed by atoms with Crippen LogP contribution >= 0.6 is 23.2 Å². The smallest absolute Gasteiger partial charge is 0.151 e. The Morgan fingerprint density at radius 2 is 1.91 bits per heavy atom. The molecule has 0 aliphatic rings. The topological polar surface area (TPSA) is 59.3 Å². The fraction of sp³-hybridized carbons (Fsp3) is 0.333. The van der Waals surface area contributed by atoms with E-state index in [9.17, 15) is 8.42 Å². The molecule has 0 unspecified atom stereocenters. The Bertz CT molecular complexity index is 741. The molecular weight excluding hydrogens is 345 g/mol. The first kappa shape index (κ1) is 17.3. The summed E-state index contributed by atoms with van der Waals surface area (Å²) >= 11 is 11.9. The van der Waals surface area contributed by atoms with E-state index in [-0.39, 0.29) is 11.5 Å². The van der Waals surface area contributed by atoms with Crippen molar-refractivity contribution in [1.82, 2.24) is 5.32 Å². The van der Waals surface area contributed by atoms with E-state index < -0.39 is 9.84 Å². The molecule has 0 saturated carbocycles. The van der Waals surface area contributed by atoms with Gasteiger partial charge in [-0.2, -0.15) is 0 Å². The van der Waals surface area contributed by atoms with Crippen LogP contribution in [-0.4, -0.2) is 26.5 Å². The van der Waals surface area contributed by atoms with Crippen LogP contribution in [0.15, 0.2) is 34.7 Å². The fourth-order valence-electron chi connectivity index (χ4n) is 1.86. The summed E-state index contributed by atoms with van der Waals surface area (Å²) in [6.45, 7) is 2.52. The Labute approximate surface area is 140 Å². The van der Waals surface area contributed by atoms with E-state index in [1.54, 1.807) is 19.1 Å². The molecular formula is C15H17Cl2NO3S. The van der Waals surface area contributed by atoms with Crippen molar-refractivity contribution in [3.05, 3.63) is 46.1 Å². The van der Waals surface area contributed by atoms with Gasteiger partial charge in [-0.3, -0.25) is 0 Å². The van der Waals surface area contributed by atoms with E-state index in [1.165, 1.54) is 0 Å². The summed E-state index contributed by atoms with van der Waals surface area (Å²) in [5.74, 6) is 1.72. The molecule has 0 bridgehead atoms. The van der Waals surface area contributed by atoms with Gasteiger partial charge in [0.05, 0.1) is 22.3 Å². The molecule has 1 aromatic carbocycles. The molecule has 2 aromatic rings. The Morgan fingerprint density at radius 3 is 2.59 bits per heavy atom. The maximum absolute atomic E-state index is 11.4. The molecule has 0 aliphatic heterocycles. The Morgan fingerprint density at radius 1 is 1.14 bits per heavy atom. The van der Waals surface area contributed by atoms with Gasteiger partial charge in [-0.25, -0.2) is 8.42 Å². The molecule has 7 heteroatoms. The second-order valence-electron chi connectivity index (χ2n) is 4.81. The van der Waals surface area contributed by atoms with E-state index in [0.29, 0.717) is 28.9 Å². The molecule has 1 heterocycles. The molecule has 0 radical (unpaired) electrons. The molecule has 22 heavy (non-hydrogen) atoms. The number of sulfone groups is 1. The lowest BCUT2D eigenvalue weighted by atomic mass is 10.2. The lowest BCUT2D eigenvalue weighted by Gasteiger charge is -2.03. The lowest BCUT2D eigenvalue weighted by molar-refractivity contribution is 0.497. The number of halogens is 2. The summed E-state index contributed by atoms with van der Waals surface area (Å²) in [5.41, 5.74) is 0.842. The molecule has 0 aliphatic carbocycles. The van der Waals surface area contributed by atoms with Gasteiger partial charge in [0.25, 0.3) is 0 Å². The van der Waals surface area contributed by atoms with Gasteiger partial charge in [-0.15, -0.1) is 0 Å². The Balaban J connectivity index is 1.93. The largest absolute Gasteiger partial charge is 0.460 e. The van der Waals surface area contributed by atoms with Crippen LogP contribution in [0.4, 0.5) is 0 Å². The van der Waals surface area contributed by atoms with Crippen molar-refractivity contribution >= 4 is 33.0 Å². The number of benzene rings is 1. The molecule has 0 atom stereocenters. The van der Waals surface area contributed by atoms with Crippen LogP contribution < -0.4 is 5.32 Å². The summed E-state index contributed by atoms with van der Waals surface area (Å²) in [7, 11) is -2.94. The van der Waals surface area contributed by atoms with Crippen molar-refractivity contribution in [3.8, 4) is 11.3 Å². The van der Waals surface area contributed by atoms with Gasteiger partial charge in [-0.1, -0.05) is 30.1 Å². The predicted octanol–water partition coefficient (Wildman–Crippen LogP) is 3.78. The summed E-state index contributed by atoms with van der Waals surface area (Å²) in [6.07, 6.45) is 0. The van der Waals surface area contributed by atoms with E-state index in [0.717, 1.165) is 11.3 Å². The maximum Gasteiger partial charge on any atom is 0.151 e. The number of rotatable bonds is 7. The summed E-state index contributed by atoms with van der Waals surface area (Å²) in [6, 6.07) is 8.99. The monoisotopic (exact) mass is 361 g/mol. The lowest BCUT2D eigenvalue weighted by Crippen LogP contribution is -2.23. The second-order valence-corrected chi connectivity index (χ2v) is 8.10. The van der Waals surface area contributed by atoms with Crippen molar-refractivity contribution in [3.63, 3.8) is 0 Å². The Hall–Kier alpha value is -1.01. The van der Waals surface area contributed by atoms with Crippen molar-refractivity contribution < 1.29 is 12.8 Å². The second kappa shape index (κ2) is 7.51. The van der Waals surface area contributed by atoms with Gasteiger partial charge in [0.2, 0.25) is 0 Å². The molecule has 0 amide bonds. The summed E-state index contributed by atoms with van der Waals surface area (Å²) in [5, 5.41) is 4.03. The Kier molecular flexibility index (Phi) is 5.92. The number of hydrogen-bond acceptors (Lipinski definition) is 4. The SMILES string of the molecule is CCS(=O)(=O)CCNCc1ccc(-c2ccc(Cl)c(Cl)c2)o1. The number of nitrogens with one attached hydrogen (secondary N) is 1. The zero-order valence-electron chi connectivity index (χ0n) is 12.1. The minimum atomic E-state index is -2.94. The molecule has 0 fully saturated rings.